The fourth-order valence-electron chi connectivity index (χ4n) is 2.01. The predicted molar refractivity (Wildman–Crippen MR) is 74.5 cm³/mol. The van der Waals surface area contributed by atoms with E-state index in [0.717, 1.165) is 25.2 Å². The van der Waals surface area contributed by atoms with E-state index in [9.17, 15) is 4.39 Å². The first-order chi connectivity index (χ1) is 9.20. The number of halogens is 1. The van der Waals surface area contributed by atoms with Crippen LogP contribution in [-0.2, 0) is 13.1 Å². The third kappa shape index (κ3) is 3.64. The van der Waals surface area contributed by atoms with E-state index in [0.29, 0.717) is 12.1 Å². The second kappa shape index (κ2) is 6.48. The van der Waals surface area contributed by atoms with Gasteiger partial charge in [-0.2, -0.15) is 5.10 Å². The zero-order chi connectivity index (χ0) is 13.7. The van der Waals surface area contributed by atoms with Crippen molar-refractivity contribution >= 4 is 0 Å². The van der Waals surface area contributed by atoms with Gasteiger partial charge in [0.2, 0.25) is 0 Å². The SMILES string of the molecule is CCCNCc1cn(Cc2ccccc2F)nc1C. The van der Waals surface area contributed by atoms with Crippen molar-refractivity contribution in [2.24, 2.45) is 0 Å². The molecule has 1 heterocycles. The topological polar surface area (TPSA) is 29.9 Å². The summed E-state index contributed by atoms with van der Waals surface area (Å²) in [7, 11) is 0. The van der Waals surface area contributed by atoms with Gasteiger partial charge in [0.25, 0.3) is 0 Å². The summed E-state index contributed by atoms with van der Waals surface area (Å²) in [6.07, 6.45) is 3.10. The van der Waals surface area contributed by atoms with Gasteiger partial charge in [-0.15, -0.1) is 0 Å². The Balaban J connectivity index is 2.06. The molecule has 3 nitrogen and oxygen atoms in total. The van der Waals surface area contributed by atoms with Gasteiger partial charge in [0, 0.05) is 23.9 Å². The number of rotatable bonds is 6. The van der Waals surface area contributed by atoms with E-state index in [1.165, 1.54) is 11.6 Å². The maximum Gasteiger partial charge on any atom is 0.128 e. The van der Waals surface area contributed by atoms with Crippen LogP contribution >= 0.6 is 0 Å². The highest BCUT2D eigenvalue weighted by Crippen LogP contribution is 2.11. The summed E-state index contributed by atoms with van der Waals surface area (Å²) < 4.78 is 15.4. The summed E-state index contributed by atoms with van der Waals surface area (Å²) in [5, 5.41) is 7.79. The maximum atomic E-state index is 13.6. The summed E-state index contributed by atoms with van der Waals surface area (Å²) in [6, 6.07) is 6.82. The Labute approximate surface area is 113 Å². The molecule has 0 aliphatic heterocycles. The lowest BCUT2D eigenvalue weighted by Crippen LogP contribution is -2.13. The average Bonchev–Trinajstić information content (AvgIpc) is 2.73. The van der Waals surface area contributed by atoms with Crippen LogP contribution in [0.4, 0.5) is 4.39 Å². The fourth-order valence-corrected chi connectivity index (χ4v) is 2.01. The molecule has 0 bridgehead atoms. The molecule has 19 heavy (non-hydrogen) atoms. The summed E-state index contributed by atoms with van der Waals surface area (Å²) in [5.41, 5.74) is 2.84. The van der Waals surface area contributed by atoms with Gasteiger partial charge >= 0.3 is 0 Å². The Kier molecular flexibility index (Phi) is 4.68. The molecule has 2 rings (SSSR count). The van der Waals surface area contributed by atoms with Crippen molar-refractivity contribution in [3.05, 3.63) is 53.1 Å². The lowest BCUT2D eigenvalue weighted by Gasteiger charge is -2.03. The first-order valence-electron chi connectivity index (χ1n) is 6.67. The monoisotopic (exact) mass is 261 g/mol. The van der Waals surface area contributed by atoms with Gasteiger partial charge in [0.05, 0.1) is 12.2 Å². The van der Waals surface area contributed by atoms with Crippen LogP contribution in [0, 0.1) is 12.7 Å². The van der Waals surface area contributed by atoms with Gasteiger partial charge in [-0.25, -0.2) is 4.39 Å². The number of hydrogen-bond acceptors (Lipinski definition) is 2. The molecule has 2 aromatic rings. The summed E-state index contributed by atoms with van der Waals surface area (Å²) >= 11 is 0. The minimum Gasteiger partial charge on any atom is -0.313 e. The first-order valence-corrected chi connectivity index (χ1v) is 6.67. The number of nitrogens with one attached hydrogen (secondary N) is 1. The van der Waals surface area contributed by atoms with Gasteiger partial charge in [-0.05, 0) is 26.0 Å². The van der Waals surface area contributed by atoms with Crippen molar-refractivity contribution in [3.8, 4) is 0 Å². The van der Waals surface area contributed by atoms with E-state index < -0.39 is 0 Å². The molecule has 0 saturated heterocycles. The van der Waals surface area contributed by atoms with E-state index in [2.05, 4.69) is 17.3 Å². The second-order valence-electron chi connectivity index (χ2n) is 4.71. The minimum atomic E-state index is -0.179. The van der Waals surface area contributed by atoms with E-state index in [1.54, 1.807) is 16.8 Å². The zero-order valence-corrected chi connectivity index (χ0v) is 11.5. The highest BCUT2D eigenvalue weighted by atomic mass is 19.1. The summed E-state index contributed by atoms with van der Waals surface area (Å²) in [6.45, 7) is 6.42. The molecule has 1 N–H and O–H groups in total. The van der Waals surface area contributed by atoms with Crippen molar-refractivity contribution in [1.82, 2.24) is 15.1 Å². The molecule has 1 aromatic carbocycles. The molecule has 0 atom stereocenters. The normalized spacial score (nSPS) is 10.9. The molecular formula is C15H20FN3. The van der Waals surface area contributed by atoms with Crippen LogP contribution in [0.3, 0.4) is 0 Å². The Hall–Kier alpha value is -1.68. The van der Waals surface area contributed by atoms with Crippen molar-refractivity contribution in [2.75, 3.05) is 6.54 Å². The van der Waals surface area contributed by atoms with Crippen molar-refractivity contribution in [3.63, 3.8) is 0 Å². The Morgan fingerprint density at radius 1 is 1.26 bits per heavy atom. The van der Waals surface area contributed by atoms with Gasteiger partial charge < -0.3 is 5.32 Å². The van der Waals surface area contributed by atoms with Crippen molar-refractivity contribution in [1.29, 1.82) is 0 Å². The molecule has 0 radical (unpaired) electrons. The van der Waals surface area contributed by atoms with E-state index >= 15 is 0 Å². The van der Waals surface area contributed by atoms with Crippen LogP contribution in [0.2, 0.25) is 0 Å². The largest absolute Gasteiger partial charge is 0.313 e. The van der Waals surface area contributed by atoms with Crippen LogP contribution < -0.4 is 5.32 Å². The lowest BCUT2D eigenvalue weighted by molar-refractivity contribution is 0.583. The van der Waals surface area contributed by atoms with Crippen LogP contribution in [0.5, 0.6) is 0 Å². The van der Waals surface area contributed by atoms with Gasteiger partial charge in [-0.1, -0.05) is 25.1 Å². The molecule has 0 aliphatic rings. The van der Waals surface area contributed by atoms with Crippen LogP contribution in [0.15, 0.2) is 30.5 Å². The number of aromatic nitrogens is 2. The van der Waals surface area contributed by atoms with Crippen molar-refractivity contribution in [2.45, 2.75) is 33.4 Å². The molecule has 0 spiro atoms. The quantitative estimate of drug-likeness (QED) is 0.810. The predicted octanol–water partition coefficient (Wildman–Crippen LogP) is 2.88. The first kappa shape index (κ1) is 13.7. The highest BCUT2D eigenvalue weighted by Gasteiger charge is 2.07. The standard InChI is InChI=1S/C15H20FN3/c1-3-8-17-9-14-11-19(18-12(14)2)10-13-6-4-5-7-15(13)16/h4-7,11,17H,3,8-10H2,1-2H3. The number of aryl methyl sites for hydroxylation is 1. The number of benzene rings is 1. The zero-order valence-electron chi connectivity index (χ0n) is 11.5. The number of nitrogens with zero attached hydrogens (tertiary/aromatic N) is 2. The molecule has 0 unspecified atom stereocenters. The maximum absolute atomic E-state index is 13.6. The van der Waals surface area contributed by atoms with Crippen LogP contribution in [0.1, 0.15) is 30.2 Å². The summed E-state index contributed by atoms with van der Waals surface area (Å²) in [4.78, 5) is 0. The molecule has 0 amide bonds. The molecule has 0 fully saturated rings. The minimum absolute atomic E-state index is 0.179. The highest BCUT2D eigenvalue weighted by molar-refractivity contribution is 5.20. The Bertz CT molecular complexity index is 534. The number of hydrogen-bond donors (Lipinski definition) is 1. The van der Waals surface area contributed by atoms with E-state index in [1.807, 2.05) is 19.2 Å². The summed E-state index contributed by atoms with van der Waals surface area (Å²) in [5.74, 6) is -0.179. The van der Waals surface area contributed by atoms with Crippen molar-refractivity contribution < 1.29 is 4.39 Å². The van der Waals surface area contributed by atoms with Crippen LogP contribution in [0.25, 0.3) is 0 Å². The van der Waals surface area contributed by atoms with Crippen LogP contribution in [-0.4, -0.2) is 16.3 Å². The third-order valence-corrected chi connectivity index (χ3v) is 3.08. The second-order valence-corrected chi connectivity index (χ2v) is 4.71. The van der Waals surface area contributed by atoms with Gasteiger partial charge in [-0.3, -0.25) is 4.68 Å². The average molecular weight is 261 g/mol. The van der Waals surface area contributed by atoms with E-state index in [-0.39, 0.29) is 5.82 Å². The molecule has 4 heteroatoms. The van der Waals surface area contributed by atoms with Gasteiger partial charge in [0.1, 0.15) is 5.82 Å². The molecular weight excluding hydrogens is 241 g/mol. The molecule has 0 saturated carbocycles. The third-order valence-electron chi connectivity index (χ3n) is 3.08. The molecule has 102 valence electrons. The van der Waals surface area contributed by atoms with E-state index in [4.69, 9.17) is 0 Å². The Morgan fingerprint density at radius 3 is 2.79 bits per heavy atom. The Morgan fingerprint density at radius 2 is 2.05 bits per heavy atom. The lowest BCUT2D eigenvalue weighted by atomic mass is 10.2. The molecule has 1 aromatic heterocycles. The van der Waals surface area contributed by atoms with Gasteiger partial charge in [0.15, 0.2) is 0 Å². The molecule has 0 aliphatic carbocycles. The smallest absolute Gasteiger partial charge is 0.128 e. The fraction of sp³-hybridized carbons (Fsp3) is 0.400.